The Morgan fingerprint density at radius 3 is 2.11 bits per heavy atom. The zero-order chi connectivity index (χ0) is 26.8. The number of aryl methyl sites for hydroxylation is 1. The number of hydrogen-bond acceptors (Lipinski definition) is 8. The second-order valence-electron chi connectivity index (χ2n) is 7.57. The highest BCUT2D eigenvalue weighted by Crippen LogP contribution is 2.12. The van der Waals surface area contributed by atoms with E-state index in [1.54, 1.807) is 6.92 Å². The van der Waals surface area contributed by atoms with Crippen molar-refractivity contribution in [3.8, 4) is 0 Å². The highest BCUT2D eigenvalue weighted by Gasteiger charge is 2.27. The van der Waals surface area contributed by atoms with E-state index in [0.717, 1.165) is 23.3 Å². The molecule has 1 rings (SSSR count). The average Bonchev–Trinajstić information content (AvgIpc) is 2.72. The van der Waals surface area contributed by atoms with Crippen LogP contribution in [0.3, 0.4) is 0 Å². The van der Waals surface area contributed by atoms with E-state index in [2.05, 4.69) is 15.4 Å². The molecule has 0 radical (unpaired) electrons. The quantitative estimate of drug-likeness (QED) is 0.199. The highest BCUT2D eigenvalue weighted by atomic mass is 32.2. The van der Waals surface area contributed by atoms with Gasteiger partial charge >= 0.3 is 11.9 Å². The summed E-state index contributed by atoms with van der Waals surface area (Å²) in [6.45, 7) is 1.04. The Hall–Kier alpha value is -3.30. The van der Waals surface area contributed by atoms with Gasteiger partial charge in [-0.25, -0.2) is 16.8 Å². The van der Waals surface area contributed by atoms with E-state index >= 15 is 0 Å². The number of carbonyl (C=O) groups is 4. The van der Waals surface area contributed by atoms with Gasteiger partial charge < -0.3 is 20.8 Å². The molecule has 0 aromatic heterocycles. The van der Waals surface area contributed by atoms with Crippen LogP contribution in [0.1, 0.15) is 24.8 Å². The van der Waals surface area contributed by atoms with E-state index in [1.807, 2.05) is 0 Å². The van der Waals surface area contributed by atoms with Gasteiger partial charge in [0.15, 0.2) is 9.84 Å². The number of rotatable bonds is 14. The van der Waals surface area contributed by atoms with Crippen molar-refractivity contribution in [3.63, 3.8) is 0 Å². The summed E-state index contributed by atoms with van der Waals surface area (Å²) in [4.78, 5) is 46.4. The van der Waals surface area contributed by atoms with E-state index in [-0.39, 0.29) is 4.90 Å². The minimum absolute atomic E-state index is 0.150. The number of carboxylic acids is 2. The molecule has 1 aromatic carbocycles. The second kappa shape index (κ2) is 13.0. The summed E-state index contributed by atoms with van der Waals surface area (Å²) in [5, 5.41) is 22.9. The third kappa shape index (κ3) is 12.1. The van der Waals surface area contributed by atoms with Crippen LogP contribution in [0.25, 0.3) is 0 Å². The van der Waals surface area contributed by atoms with Gasteiger partial charge in [-0.05, 0) is 25.5 Å². The lowest BCUT2D eigenvalue weighted by Gasteiger charge is -2.19. The standard InChI is InChI=1S/C20H27N3O10S2/c1-13-3-5-15(6-4-13)35(32,33)23-16(7-8-18(25)26)20(29)21-12-17(24)22-14(11-19(27)28)9-10-34(2,30)31/h3-6,9-10,14,16,23H,7-8,11-12H2,1-2H3,(H,21,29)(H,22,24)(H,25,26)(H,27,28)/b10-9+/t14-,16+/m1/s1. The first-order chi connectivity index (χ1) is 16.1. The number of hydrogen-bond donors (Lipinski definition) is 5. The van der Waals surface area contributed by atoms with Crippen molar-refractivity contribution in [1.29, 1.82) is 0 Å². The van der Waals surface area contributed by atoms with Gasteiger partial charge in [0.05, 0.1) is 23.9 Å². The van der Waals surface area contributed by atoms with E-state index in [0.29, 0.717) is 0 Å². The van der Waals surface area contributed by atoms with Crippen LogP contribution in [-0.4, -0.2) is 75.7 Å². The molecule has 2 atom stereocenters. The Morgan fingerprint density at radius 2 is 1.60 bits per heavy atom. The first-order valence-corrected chi connectivity index (χ1v) is 13.5. The molecule has 0 bridgehead atoms. The molecule has 1 aromatic rings. The lowest BCUT2D eigenvalue weighted by molar-refractivity contribution is -0.138. The molecular weight excluding hydrogens is 506 g/mol. The fourth-order valence-corrected chi connectivity index (χ4v) is 4.33. The van der Waals surface area contributed by atoms with Crippen LogP contribution in [0.2, 0.25) is 0 Å². The monoisotopic (exact) mass is 533 g/mol. The van der Waals surface area contributed by atoms with Crippen molar-refractivity contribution in [3.05, 3.63) is 41.3 Å². The van der Waals surface area contributed by atoms with Crippen LogP contribution in [0, 0.1) is 6.92 Å². The van der Waals surface area contributed by atoms with Crippen molar-refractivity contribution >= 4 is 43.6 Å². The van der Waals surface area contributed by atoms with Crippen LogP contribution in [0.4, 0.5) is 0 Å². The Bertz CT molecular complexity index is 1180. The first kappa shape index (κ1) is 29.7. The van der Waals surface area contributed by atoms with Gasteiger partial charge in [-0.3, -0.25) is 19.2 Å². The predicted octanol–water partition coefficient (Wildman–Crippen LogP) is -0.859. The third-order valence-corrected chi connectivity index (χ3v) is 6.45. The van der Waals surface area contributed by atoms with Crippen molar-refractivity contribution in [2.45, 2.75) is 43.2 Å². The van der Waals surface area contributed by atoms with Gasteiger partial charge in [0.25, 0.3) is 0 Å². The zero-order valence-electron chi connectivity index (χ0n) is 18.9. The maximum Gasteiger partial charge on any atom is 0.305 e. The van der Waals surface area contributed by atoms with E-state index in [4.69, 9.17) is 10.2 Å². The van der Waals surface area contributed by atoms with Crippen LogP contribution < -0.4 is 15.4 Å². The molecule has 15 heteroatoms. The molecule has 0 fully saturated rings. The molecular formula is C20H27N3O10S2. The maximum absolute atomic E-state index is 12.6. The molecule has 0 saturated heterocycles. The van der Waals surface area contributed by atoms with Gasteiger partial charge in [-0.2, -0.15) is 4.72 Å². The van der Waals surface area contributed by atoms with Crippen LogP contribution >= 0.6 is 0 Å². The number of sulfone groups is 1. The summed E-state index contributed by atoms with van der Waals surface area (Å²) in [6.07, 6.45) is 0.250. The Morgan fingerprint density at radius 1 is 1.00 bits per heavy atom. The normalized spacial score (nSPS) is 13.7. The fraction of sp³-hybridized carbons (Fsp3) is 0.400. The third-order valence-electron chi connectivity index (χ3n) is 4.31. The number of amides is 2. The smallest absolute Gasteiger partial charge is 0.305 e. The Kier molecular flexibility index (Phi) is 11.0. The summed E-state index contributed by atoms with van der Waals surface area (Å²) in [6, 6.07) is 2.97. The van der Waals surface area contributed by atoms with Crippen molar-refractivity contribution < 1.29 is 46.2 Å². The number of aliphatic carboxylic acids is 2. The van der Waals surface area contributed by atoms with Crippen molar-refractivity contribution in [2.24, 2.45) is 0 Å². The molecule has 0 aliphatic heterocycles. The zero-order valence-corrected chi connectivity index (χ0v) is 20.6. The molecule has 35 heavy (non-hydrogen) atoms. The molecule has 13 nitrogen and oxygen atoms in total. The van der Waals surface area contributed by atoms with Crippen LogP contribution in [0.5, 0.6) is 0 Å². The van der Waals surface area contributed by atoms with E-state index in [9.17, 15) is 36.0 Å². The minimum Gasteiger partial charge on any atom is -0.481 e. The molecule has 0 aliphatic carbocycles. The van der Waals surface area contributed by atoms with Gasteiger partial charge in [0.1, 0.15) is 6.04 Å². The average molecular weight is 534 g/mol. The van der Waals surface area contributed by atoms with Gasteiger partial charge in [-0.15, -0.1) is 0 Å². The Balaban J connectivity index is 2.89. The number of nitrogens with one attached hydrogen (secondary N) is 3. The van der Waals surface area contributed by atoms with Gasteiger partial charge in [-0.1, -0.05) is 23.8 Å². The van der Waals surface area contributed by atoms with Gasteiger partial charge in [0, 0.05) is 18.1 Å². The highest BCUT2D eigenvalue weighted by molar-refractivity contribution is 7.93. The predicted molar refractivity (Wildman–Crippen MR) is 123 cm³/mol. The molecule has 0 spiro atoms. The maximum atomic E-state index is 12.6. The molecule has 0 saturated carbocycles. The van der Waals surface area contributed by atoms with Gasteiger partial charge in [0.2, 0.25) is 21.8 Å². The lowest BCUT2D eigenvalue weighted by Crippen LogP contribution is -2.50. The number of carboxylic acid groups (broad SMARTS) is 2. The fourth-order valence-electron chi connectivity index (χ4n) is 2.63. The summed E-state index contributed by atoms with van der Waals surface area (Å²) in [5.41, 5.74) is 0.794. The minimum atomic E-state index is -4.20. The van der Waals surface area contributed by atoms with E-state index < -0.39 is 81.5 Å². The Labute approximate surface area is 202 Å². The SMILES string of the molecule is Cc1ccc(S(=O)(=O)N[C@@H](CCC(=O)O)C(=O)NCC(=O)N[C@H](/C=C/S(C)(=O)=O)CC(=O)O)cc1. The van der Waals surface area contributed by atoms with Crippen molar-refractivity contribution in [1.82, 2.24) is 15.4 Å². The lowest BCUT2D eigenvalue weighted by atomic mass is 10.1. The second-order valence-corrected chi connectivity index (χ2v) is 11.2. The van der Waals surface area contributed by atoms with E-state index in [1.165, 1.54) is 24.3 Å². The molecule has 5 N–H and O–H groups in total. The molecule has 0 heterocycles. The largest absolute Gasteiger partial charge is 0.481 e. The number of carbonyl (C=O) groups excluding carboxylic acids is 2. The van der Waals surface area contributed by atoms with Crippen LogP contribution in [0.15, 0.2) is 40.6 Å². The summed E-state index contributed by atoms with van der Waals surface area (Å²) in [5.74, 6) is -4.47. The van der Waals surface area contributed by atoms with Crippen molar-refractivity contribution in [2.75, 3.05) is 12.8 Å². The molecule has 194 valence electrons. The number of benzene rings is 1. The number of sulfonamides is 1. The topological polar surface area (TPSA) is 213 Å². The van der Waals surface area contributed by atoms with Crippen LogP contribution in [-0.2, 0) is 39.0 Å². The molecule has 2 amide bonds. The summed E-state index contributed by atoms with van der Waals surface area (Å²) < 4.78 is 49.8. The first-order valence-electron chi connectivity index (χ1n) is 10.1. The molecule has 0 aliphatic rings. The summed E-state index contributed by atoms with van der Waals surface area (Å²) >= 11 is 0. The summed E-state index contributed by atoms with van der Waals surface area (Å²) in [7, 11) is -7.79. The molecule has 0 unspecified atom stereocenters.